The van der Waals surface area contributed by atoms with Crippen molar-refractivity contribution < 1.29 is 4.21 Å². The van der Waals surface area contributed by atoms with Gasteiger partial charge in [0.1, 0.15) is 0 Å². The standard InChI is InChI=1S/C14H23NOS/c1-3-14(15-10-11-17(16)4-2)12-13-8-6-5-7-9-13/h5-9,14-15H,3-4,10-12H2,1-2H3. The lowest BCUT2D eigenvalue weighted by molar-refractivity contribution is 0.511. The molecule has 0 bridgehead atoms. The van der Waals surface area contributed by atoms with Crippen molar-refractivity contribution in [3.63, 3.8) is 0 Å². The zero-order valence-corrected chi connectivity index (χ0v) is 11.6. The number of hydrogen-bond acceptors (Lipinski definition) is 2. The van der Waals surface area contributed by atoms with Crippen LogP contribution in [-0.2, 0) is 17.2 Å². The second-order valence-electron chi connectivity index (χ2n) is 4.18. The van der Waals surface area contributed by atoms with E-state index < -0.39 is 10.8 Å². The van der Waals surface area contributed by atoms with Crippen LogP contribution in [0.5, 0.6) is 0 Å². The Morgan fingerprint density at radius 3 is 2.53 bits per heavy atom. The van der Waals surface area contributed by atoms with E-state index in [0.717, 1.165) is 30.9 Å². The van der Waals surface area contributed by atoms with Gasteiger partial charge in [-0.1, -0.05) is 44.2 Å². The van der Waals surface area contributed by atoms with Crippen molar-refractivity contribution >= 4 is 10.8 Å². The van der Waals surface area contributed by atoms with Crippen LogP contribution >= 0.6 is 0 Å². The Hall–Kier alpha value is -0.670. The fraction of sp³-hybridized carbons (Fsp3) is 0.571. The highest BCUT2D eigenvalue weighted by Crippen LogP contribution is 2.05. The molecule has 0 radical (unpaired) electrons. The molecule has 0 aliphatic carbocycles. The highest BCUT2D eigenvalue weighted by atomic mass is 32.2. The second-order valence-corrected chi connectivity index (χ2v) is 6.05. The van der Waals surface area contributed by atoms with Gasteiger partial charge in [-0.15, -0.1) is 0 Å². The molecule has 0 amide bonds. The third-order valence-corrected chi connectivity index (χ3v) is 4.21. The average molecular weight is 253 g/mol. The summed E-state index contributed by atoms with van der Waals surface area (Å²) in [6.07, 6.45) is 2.16. The van der Waals surface area contributed by atoms with Gasteiger partial charge in [-0.25, -0.2) is 0 Å². The summed E-state index contributed by atoms with van der Waals surface area (Å²) in [6.45, 7) is 5.01. The van der Waals surface area contributed by atoms with Crippen LogP contribution in [0.25, 0.3) is 0 Å². The van der Waals surface area contributed by atoms with E-state index in [4.69, 9.17) is 0 Å². The third-order valence-electron chi connectivity index (χ3n) is 2.90. The summed E-state index contributed by atoms with van der Waals surface area (Å²) < 4.78 is 11.3. The molecule has 2 unspecified atom stereocenters. The maximum Gasteiger partial charge on any atom is 0.0360 e. The molecule has 17 heavy (non-hydrogen) atoms. The zero-order chi connectivity index (χ0) is 12.5. The summed E-state index contributed by atoms with van der Waals surface area (Å²) in [5, 5.41) is 3.49. The molecular weight excluding hydrogens is 230 g/mol. The summed E-state index contributed by atoms with van der Waals surface area (Å²) in [4.78, 5) is 0. The van der Waals surface area contributed by atoms with Crippen LogP contribution in [0.15, 0.2) is 30.3 Å². The van der Waals surface area contributed by atoms with Crippen molar-refractivity contribution in [2.24, 2.45) is 0 Å². The average Bonchev–Trinajstić information content (AvgIpc) is 2.38. The van der Waals surface area contributed by atoms with E-state index in [0.29, 0.717) is 6.04 Å². The molecule has 0 saturated carbocycles. The first-order valence-corrected chi connectivity index (χ1v) is 7.87. The van der Waals surface area contributed by atoms with Gasteiger partial charge in [0.25, 0.3) is 0 Å². The topological polar surface area (TPSA) is 29.1 Å². The normalized spacial score (nSPS) is 14.5. The van der Waals surface area contributed by atoms with Gasteiger partial charge in [-0.3, -0.25) is 4.21 Å². The zero-order valence-electron chi connectivity index (χ0n) is 10.8. The van der Waals surface area contributed by atoms with E-state index >= 15 is 0 Å². The monoisotopic (exact) mass is 253 g/mol. The van der Waals surface area contributed by atoms with Crippen LogP contribution in [0.2, 0.25) is 0 Å². The van der Waals surface area contributed by atoms with Crippen molar-refractivity contribution in [2.45, 2.75) is 32.7 Å². The molecule has 1 N–H and O–H groups in total. The maximum absolute atomic E-state index is 11.3. The fourth-order valence-electron chi connectivity index (χ4n) is 1.78. The van der Waals surface area contributed by atoms with Gasteiger partial charge < -0.3 is 5.32 Å². The summed E-state index contributed by atoms with van der Waals surface area (Å²) in [5.41, 5.74) is 1.36. The summed E-state index contributed by atoms with van der Waals surface area (Å²) >= 11 is 0. The molecule has 0 saturated heterocycles. The number of nitrogens with one attached hydrogen (secondary N) is 1. The van der Waals surface area contributed by atoms with Crippen LogP contribution in [0, 0.1) is 0 Å². The lowest BCUT2D eigenvalue weighted by atomic mass is 10.0. The first kappa shape index (κ1) is 14.4. The van der Waals surface area contributed by atoms with Gasteiger partial charge in [-0.05, 0) is 18.4 Å². The largest absolute Gasteiger partial charge is 0.313 e. The Morgan fingerprint density at radius 2 is 1.94 bits per heavy atom. The van der Waals surface area contributed by atoms with E-state index in [-0.39, 0.29) is 0 Å². The Morgan fingerprint density at radius 1 is 1.24 bits per heavy atom. The van der Waals surface area contributed by atoms with Crippen molar-refractivity contribution in [1.82, 2.24) is 5.32 Å². The number of rotatable bonds is 8. The molecular formula is C14H23NOS. The summed E-state index contributed by atoms with van der Waals surface area (Å²) in [7, 11) is -0.654. The first-order chi connectivity index (χ1) is 8.26. The third kappa shape index (κ3) is 5.99. The molecule has 1 aromatic rings. The van der Waals surface area contributed by atoms with Gasteiger partial charge in [0, 0.05) is 34.9 Å². The molecule has 96 valence electrons. The van der Waals surface area contributed by atoms with Gasteiger partial charge in [0.15, 0.2) is 0 Å². The Labute approximate surface area is 107 Å². The molecule has 0 aliphatic rings. The van der Waals surface area contributed by atoms with E-state index in [1.54, 1.807) is 0 Å². The van der Waals surface area contributed by atoms with Crippen LogP contribution in [0.4, 0.5) is 0 Å². The summed E-state index contributed by atoms with van der Waals surface area (Å²) in [6, 6.07) is 11.0. The lowest BCUT2D eigenvalue weighted by Crippen LogP contribution is -2.33. The van der Waals surface area contributed by atoms with Gasteiger partial charge in [-0.2, -0.15) is 0 Å². The molecule has 0 heterocycles. The van der Waals surface area contributed by atoms with E-state index in [1.807, 2.05) is 13.0 Å². The molecule has 0 aromatic heterocycles. The molecule has 2 nitrogen and oxygen atoms in total. The minimum atomic E-state index is -0.654. The van der Waals surface area contributed by atoms with Crippen LogP contribution < -0.4 is 5.32 Å². The van der Waals surface area contributed by atoms with Crippen molar-refractivity contribution in [1.29, 1.82) is 0 Å². The highest BCUT2D eigenvalue weighted by molar-refractivity contribution is 7.84. The minimum absolute atomic E-state index is 0.492. The smallest absolute Gasteiger partial charge is 0.0360 e. The molecule has 0 aliphatic heterocycles. The maximum atomic E-state index is 11.3. The molecule has 0 fully saturated rings. The Balaban J connectivity index is 2.31. The van der Waals surface area contributed by atoms with Gasteiger partial charge in [0.2, 0.25) is 0 Å². The molecule has 0 spiro atoms. The van der Waals surface area contributed by atoms with Crippen LogP contribution in [0.1, 0.15) is 25.8 Å². The Bertz CT molecular complexity index is 326. The molecule has 2 atom stereocenters. The predicted octanol–water partition coefficient (Wildman–Crippen LogP) is 2.37. The fourth-order valence-corrected chi connectivity index (χ4v) is 2.41. The van der Waals surface area contributed by atoms with Crippen molar-refractivity contribution in [3.05, 3.63) is 35.9 Å². The summed E-state index contributed by atoms with van der Waals surface area (Å²) in [5.74, 6) is 1.53. The molecule has 1 rings (SSSR count). The SMILES string of the molecule is CCC(Cc1ccccc1)NCCS(=O)CC. The lowest BCUT2D eigenvalue weighted by Gasteiger charge is -2.16. The van der Waals surface area contributed by atoms with E-state index in [1.165, 1.54) is 5.56 Å². The number of benzene rings is 1. The van der Waals surface area contributed by atoms with Crippen molar-refractivity contribution in [3.8, 4) is 0 Å². The minimum Gasteiger partial charge on any atom is -0.313 e. The van der Waals surface area contributed by atoms with Crippen molar-refractivity contribution in [2.75, 3.05) is 18.1 Å². The molecule has 3 heteroatoms. The van der Waals surface area contributed by atoms with E-state index in [2.05, 4.69) is 36.5 Å². The van der Waals surface area contributed by atoms with Gasteiger partial charge >= 0.3 is 0 Å². The van der Waals surface area contributed by atoms with Gasteiger partial charge in [0.05, 0.1) is 0 Å². The predicted molar refractivity (Wildman–Crippen MR) is 75.8 cm³/mol. The quantitative estimate of drug-likeness (QED) is 0.770. The first-order valence-electron chi connectivity index (χ1n) is 6.38. The Kier molecular flexibility index (Phi) is 7.13. The van der Waals surface area contributed by atoms with Crippen LogP contribution in [-0.4, -0.2) is 28.3 Å². The van der Waals surface area contributed by atoms with Crippen LogP contribution in [0.3, 0.4) is 0 Å². The second kappa shape index (κ2) is 8.43. The number of hydrogen-bond donors (Lipinski definition) is 1. The highest BCUT2D eigenvalue weighted by Gasteiger charge is 2.06. The molecule has 1 aromatic carbocycles. The van der Waals surface area contributed by atoms with E-state index in [9.17, 15) is 4.21 Å².